The van der Waals surface area contributed by atoms with Gasteiger partial charge in [-0.25, -0.2) is 0 Å². The molecule has 0 aromatic heterocycles. The molecule has 0 fully saturated rings. The van der Waals surface area contributed by atoms with Crippen molar-refractivity contribution in [3.05, 3.63) is 84.9 Å². The Hall–Kier alpha value is -2.60. The van der Waals surface area contributed by atoms with Gasteiger partial charge in [0.25, 0.3) is 0 Å². The van der Waals surface area contributed by atoms with Crippen LogP contribution < -0.4 is 0 Å². The lowest BCUT2D eigenvalue weighted by atomic mass is 9.93. The fourth-order valence-corrected chi connectivity index (χ4v) is 2.83. The maximum absolute atomic E-state index is 3.37. The van der Waals surface area contributed by atoms with Gasteiger partial charge in [-0.2, -0.15) is 0 Å². The van der Waals surface area contributed by atoms with Crippen LogP contribution in [0.5, 0.6) is 0 Å². The summed E-state index contributed by atoms with van der Waals surface area (Å²) in [6.45, 7) is 0. The minimum Gasteiger partial charge on any atom is -0.0622 e. The van der Waals surface area contributed by atoms with E-state index in [9.17, 15) is 0 Å². The Morgan fingerprint density at radius 1 is 0.650 bits per heavy atom. The molecular weight excluding hydrogens is 240 g/mol. The zero-order valence-corrected chi connectivity index (χ0v) is 11.0. The monoisotopic (exact) mass is 253 g/mol. The van der Waals surface area contributed by atoms with E-state index in [1.807, 2.05) is 12.1 Å². The first kappa shape index (κ1) is 11.2. The third-order valence-corrected chi connectivity index (χ3v) is 3.76. The largest absolute Gasteiger partial charge is 0.0622 e. The summed E-state index contributed by atoms with van der Waals surface area (Å²) in [5.41, 5.74) is 2.54. The van der Waals surface area contributed by atoms with Crippen molar-refractivity contribution in [3.63, 3.8) is 0 Å². The van der Waals surface area contributed by atoms with Gasteiger partial charge in [0.1, 0.15) is 0 Å². The minimum atomic E-state index is 1.20. The molecule has 20 heavy (non-hydrogen) atoms. The topological polar surface area (TPSA) is 0 Å². The second kappa shape index (κ2) is 4.50. The molecule has 0 saturated carbocycles. The first-order chi connectivity index (χ1) is 9.93. The molecule has 0 aliphatic carbocycles. The van der Waals surface area contributed by atoms with Crippen molar-refractivity contribution in [2.45, 2.75) is 0 Å². The van der Waals surface area contributed by atoms with Crippen molar-refractivity contribution in [1.82, 2.24) is 0 Å². The van der Waals surface area contributed by atoms with Gasteiger partial charge in [-0.1, -0.05) is 72.8 Å². The van der Waals surface area contributed by atoms with Gasteiger partial charge in [0.05, 0.1) is 0 Å². The highest BCUT2D eigenvalue weighted by Crippen LogP contribution is 2.34. The summed E-state index contributed by atoms with van der Waals surface area (Å²) < 4.78 is 0. The molecule has 4 aromatic carbocycles. The van der Waals surface area contributed by atoms with Crippen LogP contribution in [0.2, 0.25) is 0 Å². The summed E-state index contributed by atoms with van der Waals surface area (Å²) in [6.07, 6.45) is 0. The number of fused-ring (bicyclic) bond motifs is 3. The van der Waals surface area contributed by atoms with Gasteiger partial charge < -0.3 is 0 Å². The van der Waals surface area contributed by atoms with Gasteiger partial charge in [-0.15, -0.1) is 0 Å². The highest BCUT2D eigenvalue weighted by Gasteiger charge is 2.07. The van der Waals surface area contributed by atoms with E-state index in [0.717, 1.165) is 0 Å². The average Bonchev–Trinajstić information content (AvgIpc) is 2.55. The number of benzene rings is 4. The third kappa shape index (κ3) is 1.70. The maximum Gasteiger partial charge on any atom is -0.00262 e. The molecular formula is C20H13. The van der Waals surface area contributed by atoms with Crippen molar-refractivity contribution in [3.8, 4) is 11.1 Å². The third-order valence-electron chi connectivity index (χ3n) is 3.76. The van der Waals surface area contributed by atoms with Gasteiger partial charge in [-0.3, -0.25) is 0 Å². The van der Waals surface area contributed by atoms with Gasteiger partial charge in [0.15, 0.2) is 0 Å². The van der Waals surface area contributed by atoms with E-state index < -0.39 is 0 Å². The Kier molecular flexibility index (Phi) is 2.53. The molecule has 0 heterocycles. The average molecular weight is 253 g/mol. The second-order valence-corrected chi connectivity index (χ2v) is 4.97. The molecule has 0 saturated heterocycles. The lowest BCUT2D eigenvalue weighted by Gasteiger charge is -2.10. The van der Waals surface area contributed by atoms with Crippen LogP contribution in [0.25, 0.3) is 32.7 Å². The predicted octanol–water partition coefficient (Wildman–Crippen LogP) is 5.46. The fraction of sp³-hybridized carbons (Fsp3) is 0. The lowest BCUT2D eigenvalue weighted by molar-refractivity contribution is 1.66. The molecule has 0 aliphatic rings. The summed E-state index contributed by atoms with van der Waals surface area (Å²) in [5.74, 6) is 0. The Bertz CT molecular complexity index is 889. The molecule has 0 amide bonds. The lowest BCUT2D eigenvalue weighted by Crippen LogP contribution is -1.84. The number of rotatable bonds is 1. The molecule has 0 unspecified atom stereocenters. The quantitative estimate of drug-likeness (QED) is 0.395. The van der Waals surface area contributed by atoms with Gasteiger partial charge in [-0.05, 0) is 44.8 Å². The van der Waals surface area contributed by atoms with Crippen molar-refractivity contribution < 1.29 is 0 Å². The molecule has 0 heteroatoms. The van der Waals surface area contributed by atoms with Crippen LogP contribution in [0.3, 0.4) is 0 Å². The van der Waals surface area contributed by atoms with Crippen LogP contribution in [0, 0.1) is 6.07 Å². The normalized spacial score (nSPS) is 11.0. The van der Waals surface area contributed by atoms with Gasteiger partial charge in [0, 0.05) is 0 Å². The summed E-state index contributed by atoms with van der Waals surface area (Å²) in [7, 11) is 0. The Balaban J connectivity index is 2.19. The molecule has 4 rings (SSSR count). The molecule has 0 N–H and O–H groups in total. The van der Waals surface area contributed by atoms with Crippen molar-refractivity contribution in [2.75, 3.05) is 0 Å². The van der Waals surface area contributed by atoms with Crippen LogP contribution in [0.15, 0.2) is 78.9 Å². The summed E-state index contributed by atoms with van der Waals surface area (Å²) >= 11 is 0. The Labute approximate surface area is 118 Å². The van der Waals surface area contributed by atoms with Crippen LogP contribution in [-0.4, -0.2) is 0 Å². The molecule has 0 nitrogen and oxygen atoms in total. The zero-order chi connectivity index (χ0) is 13.4. The van der Waals surface area contributed by atoms with E-state index in [4.69, 9.17) is 0 Å². The van der Waals surface area contributed by atoms with Crippen LogP contribution in [-0.2, 0) is 0 Å². The Morgan fingerprint density at radius 3 is 2.25 bits per heavy atom. The van der Waals surface area contributed by atoms with E-state index >= 15 is 0 Å². The van der Waals surface area contributed by atoms with E-state index in [-0.39, 0.29) is 0 Å². The first-order valence-corrected chi connectivity index (χ1v) is 6.81. The molecule has 0 spiro atoms. The van der Waals surface area contributed by atoms with E-state index in [2.05, 4.69) is 72.8 Å². The summed E-state index contributed by atoms with van der Waals surface area (Å²) in [5, 5.41) is 4.99. The highest BCUT2D eigenvalue weighted by molar-refractivity contribution is 6.13. The summed E-state index contributed by atoms with van der Waals surface area (Å²) in [6, 6.07) is 31.0. The van der Waals surface area contributed by atoms with E-state index in [1.54, 1.807) is 0 Å². The highest BCUT2D eigenvalue weighted by atomic mass is 14.1. The van der Waals surface area contributed by atoms with Crippen LogP contribution >= 0.6 is 0 Å². The van der Waals surface area contributed by atoms with E-state index in [0.29, 0.717) is 0 Å². The minimum absolute atomic E-state index is 1.20. The molecule has 0 bridgehead atoms. The SMILES string of the molecule is [c]1cccc2cc(-c3ccccc3)c3ccccc3c12. The van der Waals surface area contributed by atoms with Gasteiger partial charge >= 0.3 is 0 Å². The Morgan fingerprint density at radius 2 is 1.40 bits per heavy atom. The molecule has 4 aromatic rings. The smallest absolute Gasteiger partial charge is 0.00262 e. The van der Waals surface area contributed by atoms with Crippen molar-refractivity contribution >= 4 is 21.5 Å². The van der Waals surface area contributed by atoms with Crippen molar-refractivity contribution in [1.29, 1.82) is 0 Å². The van der Waals surface area contributed by atoms with Crippen LogP contribution in [0.1, 0.15) is 0 Å². The van der Waals surface area contributed by atoms with Crippen molar-refractivity contribution in [2.24, 2.45) is 0 Å². The number of hydrogen-bond acceptors (Lipinski definition) is 0. The fourth-order valence-electron chi connectivity index (χ4n) is 2.83. The molecule has 93 valence electrons. The first-order valence-electron chi connectivity index (χ1n) is 6.81. The van der Waals surface area contributed by atoms with Gasteiger partial charge in [0.2, 0.25) is 0 Å². The molecule has 0 atom stereocenters. The second-order valence-electron chi connectivity index (χ2n) is 4.97. The number of hydrogen-bond donors (Lipinski definition) is 0. The molecule has 1 radical (unpaired) electrons. The molecule has 0 aliphatic heterocycles. The van der Waals surface area contributed by atoms with Crippen LogP contribution in [0.4, 0.5) is 0 Å². The zero-order valence-electron chi connectivity index (χ0n) is 11.0. The summed E-state index contributed by atoms with van der Waals surface area (Å²) in [4.78, 5) is 0. The standard InChI is InChI=1S/C20H13/c1-2-8-15(9-3-1)20-14-16-10-4-5-11-17(16)18-12-6-7-13-19(18)20/h1-10,12-14H. The van der Waals surface area contributed by atoms with E-state index in [1.165, 1.54) is 32.7 Å². The maximum atomic E-state index is 3.37. The predicted molar refractivity (Wildman–Crippen MR) is 85.7 cm³/mol.